The maximum absolute atomic E-state index is 14.6. The van der Waals surface area contributed by atoms with Gasteiger partial charge in [0, 0.05) is 9.72 Å². The van der Waals surface area contributed by atoms with E-state index in [0.717, 1.165) is 0 Å². The van der Waals surface area contributed by atoms with Crippen LogP contribution in [-0.4, -0.2) is 42.3 Å². The lowest BCUT2D eigenvalue weighted by molar-refractivity contribution is -0.117. The van der Waals surface area contributed by atoms with Crippen molar-refractivity contribution in [3.8, 4) is 0 Å². The summed E-state index contributed by atoms with van der Waals surface area (Å²) in [6.45, 7) is 0. The standard InChI is InChI=1S/C19H15BrF2N2O3S2/c20-12-3-6-15(14(22)8-12)24-16-9-29(26,27)10-17(16)28-19(24)23-18(25)7-11-1-4-13(21)5-2-11/h1-6,8,16-17H,7,9-10H2/t16-,17+/m1/s1. The van der Waals surface area contributed by atoms with Crippen molar-refractivity contribution in [2.45, 2.75) is 17.7 Å². The summed E-state index contributed by atoms with van der Waals surface area (Å²) < 4.78 is 52.4. The fourth-order valence-electron chi connectivity index (χ4n) is 3.45. The van der Waals surface area contributed by atoms with Gasteiger partial charge in [-0.2, -0.15) is 4.99 Å². The number of carbonyl (C=O) groups excluding carboxylic acids is 1. The summed E-state index contributed by atoms with van der Waals surface area (Å²) in [6.07, 6.45) is -0.0331. The fraction of sp³-hybridized carbons (Fsp3) is 0.263. The Morgan fingerprint density at radius 3 is 2.59 bits per heavy atom. The second kappa shape index (κ2) is 7.81. The van der Waals surface area contributed by atoms with E-state index in [1.807, 2.05) is 0 Å². The highest BCUT2D eigenvalue weighted by Gasteiger charge is 2.50. The van der Waals surface area contributed by atoms with E-state index in [-0.39, 0.29) is 34.0 Å². The molecule has 29 heavy (non-hydrogen) atoms. The Labute approximate surface area is 179 Å². The number of amides is 1. The van der Waals surface area contributed by atoms with Crippen molar-refractivity contribution in [1.82, 2.24) is 0 Å². The molecule has 2 aromatic carbocycles. The van der Waals surface area contributed by atoms with Crippen LogP contribution in [0.4, 0.5) is 14.5 Å². The van der Waals surface area contributed by atoms with Gasteiger partial charge >= 0.3 is 0 Å². The molecule has 4 rings (SSSR count). The van der Waals surface area contributed by atoms with Crippen molar-refractivity contribution in [3.63, 3.8) is 0 Å². The highest BCUT2D eigenvalue weighted by molar-refractivity contribution is 9.10. The molecule has 2 heterocycles. The number of aliphatic imine (C=N–C) groups is 1. The first-order valence-corrected chi connectivity index (χ1v) is 12.2. The zero-order valence-corrected chi connectivity index (χ0v) is 18.1. The van der Waals surface area contributed by atoms with Gasteiger partial charge in [-0.15, -0.1) is 0 Å². The average molecular weight is 501 g/mol. The summed E-state index contributed by atoms with van der Waals surface area (Å²) in [6, 6.07) is 9.51. The zero-order chi connectivity index (χ0) is 20.8. The molecule has 2 fully saturated rings. The molecule has 2 aliphatic heterocycles. The van der Waals surface area contributed by atoms with Crippen LogP contribution in [0.5, 0.6) is 0 Å². The zero-order valence-electron chi connectivity index (χ0n) is 14.9. The number of carbonyl (C=O) groups is 1. The van der Waals surface area contributed by atoms with E-state index in [1.54, 1.807) is 6.07 Å². The number of hydrogen-bond acceptors (Lipinski definition) is 4. The maximum Gasteiger partial charge on any atom is 0.252 e. The minimum Gasteiger partial charge on any atom is -0.313 e. The first kappa shape index (κ1) is 20.5. The molecule has 5 nitrogen and oxygen atoms in total. The molecule has 2 aliphatic rings. The fourth-order valence-corrected chi connectivity index (χ4v) is 7.70. The van der Waals surface area contributed by atoms with Gasteiger partial charge in [0.05, 0.1) is 29.7 Å². The van der Waals surface area contributed by atoms with E-state index in [2.05, 4.69) is 20.9 Å². The number of anilines is 1. The quantitative estimate of drug-likeness (QED) is 0.644. The molecule has 0 unspecified atom stereocenters. The number of rotatable bonds is 3. The first-order chi connectivity index (χ1) is 13.7. The van der Waals surface area contributed by atoms with Crippen LogP contribution < -0.4 is 4.90 Å². The number of hydrogen-bond donors (Lipinski definition) is 0. The molecule has 2 saturated heterocycles. The number of thioether (sulfide) groups is 1. The van der Waals surface area contributed by atoms with Gasteiger partial charge in [0.25, 0.3) is 5.91 Å². The van der Waals surface area contributed by atoms with E-state index < -0.39 is 33.4 Å². The summed E-state index contributed by atoms with van der Waals surface area (Å²) >= 11 is 4.38. The molecule has 2 aromatic rings. The summed E-state index contributed by atoms with van der Waals surface area (Å²) in [5.74, 6) is -1.56. The second-order valence-electron chi connectivity index (χ2n) is 6.86. The molecule has 1 amide bonds. The van der Waals surface area contributed by atoms with Crippen LogP contribution in [0.2, 0.25) is 0 Å². The van der Waals surface area contributed by atoms with E-state index in [0.29, 0.717) is 10.0 Å². The number of amidine groups is 1. The molecule has 0 spiro atoms. The van der Waals surface area contributed by atoms with Gasteiger partial charge in [-0.1, -0.05) is 39.8 Å². The minimum atomic E-state index is -3.24. The number of halogens is 3. The lowest BCUT2D eigenvalue weighted by Crippen LogP contribution is -2.38. The van der Waals surface area contributed by atoms with Gasteiger partial charge in [0.15, 0.2) is 15.0 Å². The molecule has 10 heteroatoms. The Morgan fingerprint density at radius 2 is 1.90 bits per heavy atom. The van der Waals surface area contributed by atoms with E-state index in [9.17, 15) is 22.0 Å². The van der Waals surface area contributed by atoms with Crippen molar-refractivity contribution < 1.29 is 22.0 Å². The van der Waals surface area contributed by atoms with E-state index >= 15 is 0 Å². The Kier molecular flexibility index (Phi) is 5.52. The Hall–Kier alpha value is -1.78. The molecular formula is C19H15BrF2N2O3S2. The molecule has 0 radical (unpaired) electrons. The van der Waals surface area contributed by atoms with Crippen molar-refractivity contribution in [2.24, 2.45) is 4.99 Å². The first-order valence-electron chi connectivity index (χ1n) is 8.69. The molecule has 0 aromatic heterocycles. The summed E-state index contributed by atoms with van der Waals surface area (Å²) in [5, 5.41) is -0.0383. The molecule has 0 saturated carbocycles. The van der Waals surface area contributed by atoms with Crippen LogP contribution in [0, 0.1) is 11.6 Å². The molecule has 2 atom stereocenters. The van der Waals surface area contributed by atoms with Crippen LogP contribution in [0.25, 0.3) is 0 Å². The molecule has 152 valence electrons. The normalized spacial score (nSPS) is 24.1. The van der Waals surface area contributed by atoms with Gasteiger partial charge < -0.3 is 4.90 Å². The van der Waals surface area contributed by atoms with Gasteiger partial charge in [0.1, 0.15) is 11.6 Å². The molecule has 0 N–H and O–H groups in total. The summed E-state index contributed by atoms with van der Waals surface area (Å²) in [5.41, 5.74) is 0.784. The van der Waals surface area contributed by atoms with Crippen molar-refractivity contribution >= 4 is 54.3 Å². The molecular weight excluding hydrogens is 486 g/mol. The molecule has 0 bridgehead atoms. The largest absolute Gasteiger partial charge is 0.313 e. The Balaban J connectivity index is 1.66. The monoisotopic (exact) mass is 500 g/mol. The Morgan fingerprint density at radius 1 is 1.17 bits per heavy atom. The van der Waals surface area contributed by atoms with Crippen molar-refractivity contribution in [1.29, 1.82) is 0 Å². The van der Waals surface area contributed by atoms with Crippen LogP contribution >= 0.6 is 27.7 Å². The predicted molar refractivity (Wildman–Crippen MR) is 113 cm³/mol. The minimum absolute atomic E-state index is 0.0331. The topological polar surface area (TPSA) is 66.8 Å². The second-order valence-corrected chi connectivity index (χ2v) is 11.1. The highest BCUT2D eigenvalue weighted by Crippen LogP contribution is 2.42. The van der Waals surface area contributed by atoms with Crippen LogP contribution in [0.15, 0.2) is 51.9 Å². The third-order valence-electron chi connectivity index (χ3n) is 4.72. The third kappa shape index (κ3) is 4.39. The summed E-state index contributed by atoms with van der Waals surface area (Å²) in [7, 11) is -3.24. The number of fused-ring (bicyclic) bond motifs is 1. The van der Waals surface area contributed by atoms with Gasteiger partial charge in [-0.3, -0.25) is 4.79 Å². The van der Waals surface area contributed by atoms with Crippen LogP contribution in [0.3, 0.4) is 0 Å². The molecule has 0 aliphatic carbocycles. The lowest BCUT2D eigenvalue weighted by atomic mass is 10.1. The number of nitrogens with zero attached hydrogens (tertiary/aromatic N) is 2. The van der Waals surface area contributed by atoms with E-state index in [4.69, 9.17) is 0 Å². The number of sulfone groups is 1. The smallest absolute Gasteiger partial charge is 0.252 e. The van der Waals surface area contributed by atoms with Gasteiger partial charge in [-0.25, -0.2) is 17.2 Å². The van der Waals surface area contributed by atoms with Crippen LogP contribution in [-0.2, 0) is 21.1 Å². The van der Waals surface area contributed by atoms with Gasteiger partial charge in [-0.05, 0) is 35.9 Å². The van der Waals surface area contributed by atoms with Crippen LogP contribution in [0.1, 0.15) is 5.56 Å². The van der Waals surface area contributed by atoms with E-state index in [1.165, 1.54) is 53.1 Å². The highest BCUT2D eigenvalue weighted by atomic mass is 79.9. The SMILES string of the molecule is O=C(Cc1ccc(F)cc1)N=C1S[C@H]2CS(=O)(=O)C[C@H]2N1c1ccc(Br)cc1F. The lowest BCUT2D eigenvalue weighted by Gasteiger charge is -2.25. The van der Waals surface area contributed by atoms with Crippen molar-refractivity contribution in [3.05, 3.63) is 64.1 Å². The average Bonchev–Trinajstić information content (AvgIpc) is 3.08. The Bertz CT molecular complexity index is 1110. The maximum atomic E-state index is 14.6. The predicted octanol–water partition coefficient (Wildman–Crippen LogP) is 3.57. The van der Waals surface area contributed by atoms with Crippen molar-refractivity contribution in [2.75, 3.05) is 16.4 Å². The third-order valence-corrected chi connectivity index (χ3v) is 8.43. The van der Waals surface area contributed by atoms with Gasteiger partial charge in [0.2, 0.25) is 0 Å². The summed E-state index contributed by atoms with van der Waals surface area (Å²) in [4.78, 5) is 18.1. The number of benzene rings is 2.